The van der Waals surface area contributed by atoms with E-state index in [2.05, 4.69) is 10.3 Å². The molecule has 0 aliphatic heterocycles. The SMILES string of the molecule is Cc1ccc(CNC(=O)c2cn(CCc3ccccn3)cc(C(=O)N(C)C3CCCCC3)c2=O)cc1. The molecule has 3 aromatic rings. The Morgan fingerprint density at radius 3 is 2.44 bits per heavy atom. The number of carbonyl (C=O) groups is 2. The highest BCUT2D eigenvalue weighted by atomic mass is 16.2. The summed E-state index contributed by atoms with van der Waals surface area (Å²) in [6, 6.07) is 13.7. The van der Waals surface area contributed by atoms with Gasteiger partial charge in [-0.3, -0.25) is 19.4 Å². The lowest BCUT2D eigenvalue weighted by Gasteiger charge is -2.31. The Balaban J connectivity index is 1.60. The number of pyridine rings is 2. The Labute approximate surface area is 212 Å². The second-order valence-corrected chi connectivity index (χ2v) is 9.60. The fourth-order valence-corrected chi connectivity index (χ4v) is 4.67. The van der Waals surface area contributed by atoms with Crippen LogP contribution in [0.5, 0.6) is 0 Å². The Bertz CT molecular complexity index is 1250. The van der Waals surface area contributed by atoms with Crippen molar-refractivity contribution < 1.29 is 9.59 Å². The molecule has 1 aromatic carbocycles. The maximum atomic E-state index is 13.4. The zero-order chi connectivity index (χ0) is 25.5. The number of aryl methyl sites for hydroxylation is 3. The first-order valence-corrected chi connectivity index (χ1v) is 12.7. The molecule has 188 valence electrons. The molecule has 1 saturated carbocycles. The molecule has 0 bridgehead atoms. The highest BCUT2D eigenvalue weighted by Crippen LogP contribution is 2.22. The number of aromatic nitrogens is 2. The molecule has 7 nitrogen and oxygen atoms in total. The number of benzene rings is 1. The summed E-state index contributed by atoms with van der Waals surface area (Å²) in [7, 11) is 1.76. The van der Waals surface area contributed by atoms with Crippen LogP contribution in [-0.2, 0) is 19.5 Å². The summed E-state index contributed by atoms with van der Waals surface area (Å²) in [6.07, 6.45) is 10.7. The van der Waals surface area contributed by atoms with E-state index in [4.69, 9.17) is 0 Å². The van der Waals surface area contributed by atoms with E-state index in [0.717, 1.165) is 42.5 Å². The lowest BCUT2D eigenvalue weighted by molar-refractivity contribution is 0.0694. The van der Waals surface area contributed by atoms with Gasteiger partial charge in [0.25, 0.3) is 11.8 Å². The van der Waals surface area contributed by atoms with Gasteiger partial charge in [-0.2, -0.15) is 0 Å². The lowest BCUT2D eigenvalue weighted by atomic mass is 9.94. The van der Waals surface area contributed by atoms with E-state index in [9.17, 15) is 14.4 Å². The average Bonchev–Trinajstić information content (AvgIpc) is 2.92. The lowest BCUT2D eigenvalue weighted by Crippen LogP contribution is -2.41. The van der Waals surface area contributed by atoms with Crippen molar-refractivity contribution in [3.8, 4) is 0 Å². The molecular formula is C29H34N4O3. The third kappa shape index (κ3) is 6.27. The Morgan fingerprint density at radius 1 is 1.03 bits per heavy atom. The third-order valence-corrected chi connectivity index (χ3v) is 6.92. The van der Waals surface area contributed by atoms with E-state index in [1.807, 2.05) is 49.4 Å². The normalized spacial score (nSPS) is 13.8. The minimum absolute atomic E-state index is 0.0222. The van der Waals surface area contributed by atoms with E-state index >= 15 is 0 Å². The predicted molar refractivity (Wildman–Crippen MR) is 140 cm³/mol. The highest BCUT2D eigenvalue weighted by molar-refractivity contribution is 5.99. The molecule has 1 aliphatic rings. The van der Waals surface area contributed by atoms with Gasteiger partial charge in [0.2, 0.25) is 5.43 Å². The molecule has 0 spiro atoms. The standard InChI is InChI=1S/C29H34N4O3/c1-21-11-13-22(14-12-21)18-31-28(35)25-19-33(17-15-23-8-6-7-16-30-23)20-26(27(25)34)29(36)32(2)24-9-4-3-5-10-24/h6-8,11-14,16,19-20,24H,3-5,9-10,15,17-18H2,1-2H3,(H,31,35). The zero-order valence-corrected chi connectivity index (χ0v) is 21.1. The maximum absolute atomic E-state index is 13.4. The molecule has 4 rings (SSSR count). The summed E-state index contributed by atoms with van der Waals surface area (Å²) < 4.78 is 1.76. The number of nitrogens with one attached hydrogen (secondary N) is 1. The Kier molecular flexibility index (Phi) is 8.31. The number of hydrogen-bond acceptors (Lipinski definition) is 4. The molecule has 2 heterocycles. The van der Waals surface area contributed by atoms with Crippen LogP contribution in [0.2, 0.25) is 0 Å². The molecule has 0 saturated heterocycles. The second kappa shape index (κ2) is 11.8. The van der Waals surface area contributed by atoms with Crippen LogP contribution in [-0.4, -0.2) is 39.4 Å². The van der Waals surface area contributed by atoms with Gasteiger partial charge >= 0.3 is 0 Å². The number of rotatable bonds is 8. The van der Waals surface area contributed by atoms with Crippen molar-refractivity contribution in [3.05, 3.63) is 99.2 Å². The molecule has 1 fully saturated rings. The number of nitrogens with zero attached hydrogens (tertiary/aromatic N) is 3. The third-order valence-electron chi connectivity index (χ3n) is 6.92. The van der Waals surface area contributed by atoms with Crippen LogP contribution in [0.1, 0.15) is 69.6 Å². The van der Waals surface area contributed by atoms with E-state index < -0.39 is 11.3 Å². The van der Waals surface area contributed by atoms with Gasteiger partial charge < -0.3 is 14.8 Å². The first-order chi connectivity index (χ1) is 17.4. The molecule has 36 heavy (non-hydrogen) atoms. The quantitative estimate of drug-likeness (QED) is 0.519. The van der Waals surface area contributed by atoms with Crippen LogP contribution >= 0.6 is 0 Å². The second-order valence-electron chi connectivity index (χ2n) is 9.60. The Morgan fingerprint density at radius 2 is 1.75 bits per heavy atom. The van der Waals surface area contributed by atoms with Crippen LogP contribution in [0.25, 0.3) is 0 Å². The van der Waals surface area contributed by atoms with Gasteiger partial charge in [0.05, 0.1) is 0 Å². The number of hydrogen-bond donors (Lipinski definition) is 1. The summed E-state index contributed by atoms with van der Waals surface area (Å²) in [6.45, 7) is 2.79. The number of carbonyl (C=O) groups excluding carboxylic acids is 2. The number of amides is 2. The summed E-state index contributed by atoms with van der Waals surface area (Å²) in [5.74, 6) is -0.811. The van der Waals surface area contributed by atoms with Gasteiger partial charge in [-0.25, -0.2) is 0 Å². The van der Waals surface area contributed by atoms with Crippen molar-refractivity contribution in [1.82, 2.24) is 19.8 Å². The molecule has 0 atom stereocenters. The predicted octanol–water partition coefficient (Wildman–Crippen LogP) is 4.13. The van der Waals surface area contributed by atoms with Crippen molar-refractivity contribution in [2.45, 2.75) is 64.6 Å². The van der Waals surface area contributed by atoms with Crippen LogP contribution in [0.15, 0.2) is 65.8 Å². The van der Waals surface area contributed by atoms with Gasteiger partial charge in [-0.1, -0.05) is 55.2 Å². The largest absolute Gasteiger partial charge is 0.352 e. The van der Waals surface area contributed by atoms with Crippen molar-refractivity contribution >= 4 is 11.8 Å². The summed E-state index contributed by atoms with van der Waals surface area (Å²) >= 11 is 0. The molecular weight excluding hydrogens is 452 g/mol. The van der Waals surface area contributed by atoms with Gasteiger partial charge in [0.1, 0.15) is 11.1 Å². The monoisotopic (exact) mass is 486 g/mol. The van der Waals surface area contributed by atoms with Crippen molar-refractivity contribution in [3.63, 3.8) is 0 Å². The highest BCUT2D eigenvalue weighted by Gasteiger charge is 2.27. The fourth-order valence-electron chi connectivity index (χ4n) is 4.67. The fraction of sp³-hybridized carbons (Fsp3) is 0.379. The topological polar surface area (TPSA) is 84.3 Å². The zero-order valence-electron chi connectivity index (χ0n) is 21.1. The van der Waals surface area contributed by atoms with Crippen LogP contribution in [0.3, 0.4) is 0 Å². The minimum atomic E-state index is -0.529. The van der Waals surface area contributed by atoms with Gasteiger partial charge in [0.15, 0.2) is 0 Å². The molecule has 1 aliphatic carbocycles. The molecule has 1 N–H and O–H groups in total. The molecule has 0 unspecified atom stereocenters. The first kappa shape index (κ1) is 25.4. The van der Waals surface area contributed by atoms with Gasteiger partial charge in [-0.15, -0.1) is 0 Å². The van der Waals surface area contributed by atoms with E-state index in [0.29, 0.717) is 19.5 Å². The average molecular weight is 487 g/mol. The molecule has 0 radical (unpaired) electrons. The van der Waals surface area contributed by atoms with Crippen molar-refractivity contribution in [2.24, 2.45) is 0 Å². The minimum Gasteiger partial charge on any atom is -0.352 e. The smallest absolute Gasteiger partial charge is 0.259 e. The summed E-state index contributed by atoms with van der Waals surface area (Å²) in [5, 5.41) is 2.85. The van der Waals surface area contributed by atoms with E-state index in [-0.39, 0.29) is 23.1 Å². The first-order valence-electron chi connectivity index (χ1n) is 12.7. The van der Waals surface area contributed by atoms with Crippen molar-refractivity contribution in [2.75, 3.05) is 7.05 Å². The maximum Gasteiger partial charge on any atom is 0.259 e. The molecule has 2 aromatic heterocycles. The van der Waals surface area contributed by atoms with E-state index in [1.54, 1.807) is 35.1 Å². The van der Waals surface area contributed by atoms with Crippen LogP contribution < -0.4 is 10.7 Å². The molecule has 7 heteroatoms. The Hall–Kier alpha value is -3.74. The van der Waals surface area contributed by atoms with Gasteiger partial charge in [-0.05, 0) is 37.5 Å². The van der Waals surface area contributed by atoms with Crippen LogP contribution in [0, 0.1) is 6.92 Å². The summed E-state index contributed by atoms with van der Waals surface area (Å²) in [4.78, 5) is 46.0. The van der Waals surface area contributed by atoms with Gasteiger partial charge in [0, 0.05) is 56.9 Å². The van der Waals surface area contributed by atoms with Crippen molar-refractivity contribution in [1.29, 1.82) is 0 Å². The molecule has 2 amide bonds. The summed E-state index contributed by atoms with van der Waals surface area (Å²) in [5.41, 5.74) is 2.45. The van der Waals surface area contributed by atoms with E-state index in [1.165, 1.54) is 6.42 Å². The van der Waals surface area contributed by atoms with Crippen LogP contribution in [0.4, 0.5) is 0 Å².